The second-order valence-corrected chi connectivity index (χ2v) is 20.9. The second kappa shape index (κ2) is 39.1. The van der Waals surface area contributed by atoms with Crippen molar-refractivity contribution in [3.8, 4) is 0 Å². The maximum Gasteiger partial charge on any atom is 0.326 e. The molecule has 0 aliphatic carbocycles. The maximum absolute atomic E-state index is 14.3. The summed E-state index contributed by atoms with van der Waals surface area (Å²) >= 11 is 0. The van der Waals surface area contributed by atoms with E-state index in [1.165, 1.54) is 37.5 Å². The molecule has 40 nitrogen and oxygen atoms in total. The monoisotopic (exact) mass is 1320 g/mol. The number of urea groups is 1. The summed E-state index contributed by atoms with van der Waals surface area (Å²) in [5, 5.41) is 142. The van der Waals surface area contributed by atoms with Gasteiger partial charge in [-0.05, 0) is 62.8 Å². The molecule has 10 amide bonds. The van der Waals surface area contributed by atoms with Crippen LogP contribution < -0.4 is 70.2 Å². The van der Waals surface area contributed by atoms with Crippen molar-refractivity contribution in [2.75, 3.05) is 50.9 Å². The number of rotatable bonds is 42. The van der Waals surface area contributed by atoms with Crippen LogP contribution in [-0.2, 0) is 49.7 Å². The minimum atomic E-state index is -2.12. The Morgan fingerprint density at radius 3 is 1.49 bits per heavy atom. The topological polar surface area (TPSA) is 674 Å². The third kappa shape index (κ3) is 26.8. The number of hydrogen-bond donors (Lipinski definition) is 25. The van der Waals surface area contributed by atoms with Crippen LogP contribution in [0.1, 0.15) is 80.3 Å². The molecule has 0 radical (unpaired) electrons. The molecule has 0 aliphatic heterocycles. The lowest BCUT2D eigenvalue weighted by atomic mass is 10.0. The maximum atomic E-state index is 14.3. The highest BCUT2D eigenvalue weighted by atomic mass is 16.4. The fourth-order valence-electron chi connectivity index (χ4n) is 8.41. The zero-order chi connectivity index (χ0) is 69.6. The van der Waals surface area contributed by atoms with Crippen molar-refractivity contribution in [3.05, 3.63) is 52.1 Å². The predicted molar refractivity (Wildman–Crippen MR) is 316 cm³/mol. The van der Waals surface area contributed by atoms with Gasteiger partial charge in [0.2, 0.25) is 47.3 Å². The third-order valence-corrected chi connectivity index (χ3v) is 13.8. The summed E-state index contributed by atoms with van der Waals surface area (Å²) in [6.07, 6.45) is -20.8. The summed E-state index contributed by atoms with van der Waals surface area (Å²) < 4.78 is 0. The number of aromatic amines is 1. The average molecular weight is 1330 g/mol. The van der Waals surface area contributed by atoms with Crippen molar-refractivity contribution < 1.29 is 114 Å². The van der Waals surface area contributed by atoms with Crippen LogP contribution in [0.3, 0.4) is 0 Å². The Balaban J connectivity index is 1.89. The first-order chi connectivity index (χ1) is 43.9. The molecule has 1 aromatic carbocycles. The molecular formula is C53H80N16O24. The number of hydrogen-bond acceptors (Lipinski definition) is 27. The summed E-state index contributed by atoms with van der Waals surface area (Å²) in [4.78, 5) is 171. The van der Waals surface area contributed by atoms with Gasteiger partial charge >= 0.3 is 18.0 Å². The predicted octanol–water partition coefficient (Wildman–Crippen LogP) is -10.5. The molecule has 0 unspecified atom stereocenters. The Hall–Kier alpha value is -9.39. The summed E-state index contributed by atoms with van der Waals surface area (Å²) in [5.41, 5.74) is 10.7. The van der Waals surface area contributed by atoms with Gasteiger partial charge in [-0.25, -0.2) is 19.6 Å². The lowest BCUT2D eigenvalue weighted by Crippen LogP contribution is -2.58. The SMILES string of the molecule is CNC(=O)[C@H](CCCNC(N)=O)NC(=O)[C@H](CCC(=O)NC[C@H](O)[C@@H](O)[C@H](O)[C@H](O)CO)NC(=O)[C@H](CCC(=O)O)NC(=O)[C@H](CCC(=O)NC[C@H](O)[C@@H](O)[C@H](O)[C@H](O)CO)NC(=O)CC[C@H](NC(=O)c1ccc(NCc2cnc3nc(N)[nH]c(=O)c3n2)cc1)C(=O)O. The number of carboxylic acids is 2. The van der Waals surface area contributed by atoms with E-state index in [0.29, 0.717) is 11.4 Å². The van der Waals surface area contributed by atoms with E-state index in [2.05, 4.69) is 73.1 Å². The molecule has 0 saturated carbocycles. The van der Waals surface area contributed by atoms with E-state index >= 15 is 0 Å². The first kappa shape index (κ1) is 77.9. The zero-order valence-electron chi connectivity index (χ0n) is 50.0. The van der Waals surface area contributed by atoms with Gasteiger partial charge in [0.15, 0.2) is 11.2 Å². The number of H-pyrrole nitrogens is 1. The zero-order valence-corrected chi connectivity index (χ0v) is 50.0. The van der Waals surface area contributed by atoms with E-state index < -0.39 is 227 Å². The molecule has 2 heterocycles. The lowest BCUT2D eigenvalue weighted by Gasteiger charge is -2.27. The van der Waals surface area contributed by atoms with Crippen molar-refractivity contribution in [2.24, 2.45) is 5.73 Å². The van der Waals surface area contributed by atoms with E-state index in [1.807, 2.05) is 0 Å². The fraction of sp³-hybridized carbons (Fsp3) is 0.566. The number of aliphatic hydroxyl groups excluding tert-OH is 10. The lowest BCUT2D eigenvalue weighted by molar-refractivity contribution is -0.140. The molecule has 27 N–H and O–H groups in total. The number of carbonyl (C=O) groups is 11. The van der Waals surface area contributed by atoms with Gasteiger partial charge in [0, 0.05) is 63.6 Å². The van der Waals surface area contributed by atoms with Crippen LogP contribution in [0.4, 0.5) is 16.4 Å². The van der Waals surface area contributed by atoms with Gasteiger partial charge < -0.3 is 126 Å². The highest BCUT2D eigenvalue weighted by Crippen LogP contribution is 2.15. The van der Waals surface area contributed by atoms with Gasteiger partial charge in [-0.1, -0.05) is 0 Å². The Bertz CT molecular complexity index is 3090. The quantitative estimate of drug-likeness (QED) is 0.0234. The van der Waals surface area contributed by atoms with E-state index in [4.69, 9.17) is 21.7 Å². The van der Waals surface area contributed by atoms with Crippen molar-refractivity contribution in [3.63, 3.8) is 0 Å². The van der Waals surface area contributed by atoms with Crippen LogP contribution >= 0.6 is 0 Å². The van der Waals surface area contributed by atoms with Crippen LogP contribution in [0, 0.1) is 0 Å². The first-order valence-corrected chi connectivity index (χ1v) is 28.7. The number of anilines is 2. The summed E-state index contributed by atoms with van der Waals surface area (Å²) in [6.45, 7) is -3.66. The van der Waals surface area contributed by atoms with Gasteiger partial charge in [-0.2, -0.15) is 4.98 Å². The Morgan fingerprint density at radius 1 is 0.559 bits per heavy atom. The Kier molecular flexibility index (Phi) is 32.7. The number of aliphatic hydroxyl groups is 10. The van der Waals surface area contributed by atoms with Gasteiger partial charge in [-0.3, -0.25) is 52.9 Å². The second-order valence-electron chi connectivity index (χ2n) is 20.9. The van der Waals surface area contributed by atoms with Crippen molar-refractivity contribution >= 4 is 88.0 Å². The number of amides is 10. The highest BCUT2D eigenvalue weighted by Gasteiger charge is 2.35. The number of likely N-dealkylation sites (N-methyl/N-ethyl adjacent to an activating group) is 1. The molecule has 0 bridgehead atoms. The Morgan fingerprint density at radius 2 is 1.02 bits per heavy atom. The number of nitrogens with two attached hydrogens (primary N) is 2. The average Bonchev–Trinajstić information content (AvgIpc) is 0.938. The molecule has 0 saturated heterocycles. The number of nitrogens with zero attached hydrogens (tertiary/aromatic N) is 3. The van der Waals surface area contributed by atoms with Gasteiger partial charge in [0.1, 0.15) is 66.8 Å². The van der Waals surface area contributed by atoms with Crippen LogP contribution in [0.2, 0.25) is 0 Å². The molecule has 2 aromatic heterocycles. The van der Waals surface area contributed by atoms with Gasteiger partial charge in [-0.15, -0.1) is 0 Å². The van der Waals surface area contributed by atoms with E-state index in [-0.39, 0.29) is 48.6 Å². The van der Waals surface area contributed by atoms with Crippen LogP contribution in [0.5, 0.6) is 0 Å². The normalized spacial score (nSPS) is 15.4. The van der Waals surface area contributed by atoms with E-state index in [9.17, 15) is 109 Å². The number of aliphatic carboxylic acids is 2. The molecule has 0 fully saturated rings. The number of nitrogen functional groups attached to an aromatic ring is 1. The molecular weight excluding hydrogens is 1240 g/mol. The van der Waals surface area contributed by atoms with E-state index in [0.717, 1.165) is 0 Å². The summed E-state index contributed by atoms with van der Waals surface area (Å²) in [5.74, 6) is -11.9. The number of primary amides is 1. The molecule has 40 heteroatoms. The molecule has 3 rings (SSSR count). The van der Waals surface area contributed by atoms with Crippen molar-refractivity contribution in [2.45, 2.75) is 150 Å². The summed E-state index contributed by atoms with van der Waals surface area (Å²) in [7, 11) is 1.21. The molecule has 93 heavy (non-hydrogen) atoms. The highest BCUT2D eigenvalue weighted by molar-refractivity contribution is 5.98. The number of nitrogens with one attached hydrogen (secondary N) is 11. The van der Waals surface area contributed by atoms with Crippen LogP contribution in [0.15, 0.2) is 35.3 Å². The molecule has 13 atom stereocenters. The minimum Gasteiger partial charge on any atom is -0.481 e. The molecule has 3 aromatic rings. The number of carbonyl (C=O) groups excluding carboxylic acids is 9. The largest absolute Gasteiger partial charge is 0.481 e. The molecule has 0 aliphatic rings. The smallest absolute Gasteiger partial charge is 0.326 e. The number of carboxylic acid groups (broad SMARTS) is 2. The van der Waals surface area contributed by atoms with Gasteiger partial charge in [0.05, 0.1) is 43.9 Å². The van der Waals surface area contributed by atoms with Crippen molar-refractivity contribution in [1.82, 2.24) is 67.8 Å². The van der Waals surface area contributed by atoms with Crippen molar-refractivity contribution in [1.29, 1.82) is 0 Å². The Labute approximate surface area is 527 Å². The number of fused-ring (bicyclic) bond motifs is 1. The minimum absolute atomic E-state index is 0.0168. The van der Waals surface area contributed by atoms with Crippen LogP contribution in [0.25, 0.3) is 11.2 Å². The first-order valence-electron chi connectivity index (χ1n) is 28.7. The molecule has 0 spiro atoms. The van der Waals surface area contributed by atoms with Crippen LogP contribution in [-0.4, -0.2) is 265 Å². The van der Waals surface area contributed by atoms with E-state index in [1.54, 1.807) is 0 Å². The standard InChI is InChI=1S/C53H80N16O24/c1-56-46(86)26(3-2-16-57-53(55)93)64-48(88)28(9-13-36(77)60-20-32(73)41(82)43(84)34(75)22-71)65-49(89)29(11-15-38(79)80)66-47(87)27(8-12-35(76)59-19-31(72)40(81)42(83)33(74)21-70)63-37(78)14-10-30(51(91)92)67-45(85)23-4-6-24(7-5-23)58-17-25-18-61-44-39(62-25)50(90)69-52(54)68-44/h4-7,18,26-34,40-43,58,70-75,81-84H,2-3,8-17,19-22H2,1H3,(H,56,86)(H,59,76)(H,60,77)(H,63,78)(H,64,88)(H,65,89)(H,66,87)(H,67,85)(H,79,80)(H,91,92)(H3,55,57,93)(H3,54,61,68,69,90)/t26-,27-,28-,29-,30-,31-,32-,33+,34+,40+,41+,42+,43+/m0/s1. The fourth-order valence-corrected chi connectivity index (χ4v) is 8.41. The number of benzene rings is 1. The van der Waals surface area contributed by atoms with Gasteiger partial charge in [0.25, 0.3) is 11.5 Å². The third-order valence-electron chi connectivity index (χ3n) is 13.8. The summed E-state index contributed by atoms with van der Waals surface area (Å²) in [6, 6.07) is -4.25. The number of aromatic nitrogens is 4. The molecule has 516 valence electrons.